The van der Waals surface area contributed by atoms with Gasteiger partial charge in [0.05, 0.1) is 0 Å². The van der Waals surface area contributed by atoms with Crippen LogP contribution in [0.25, 0.3) is 0 Å². The van der Waals surface area contributed by atoms with Gasteiger partial charge >= 0.3 is 69.5 Å². The minimum atomic E-state index is -0.998. The van der Waals surface area contributed by atoms with Crippen molar-refractivity contribution in [2.24, 2.45) is 11.8 Å². The van der Waals surface area contributed by atoms with E-state index in [1.807, 2.05) is 0 Å². The summed E-state index contributed by atoms with van der Waals surface area (Å²) in [5.41, 5.74) is 0. The van der Waals surface area contributed by atoms with E-state index in [1.165, 1.54) is 25.7 Å². The number of ether oxygens (including phenoxy) is 2. The largest absolute Gasteiger partial charge is 0.550 e. The van der Waals surface area contributed by atoms with E-state index < -0.39 is 23.8 Å². The average molecular weight is 615 g/mol. The van der Waals surface area contributed by atoms with Crippen molar-refractivity contribution in [3.63, 3.8) is 0 Å². The molecule has 0 aromatic heterocycles. The average Bonchev–Trinajstić information content (AvgIpc) is 2.79. The Morgan fingerprint density at radius 2 is 1.09 bits per heavy atom. The number of methoxy groups -OCH3 is 2. The van der Waals surface area contributed by atoms with Crippen molar-refractivity contribution in [1.29, 1.82) is 0 Å². The van der Waals surface area contributed by atoms with Crippen LogP contribution in [0.5, 0.6) is 0 Å². The molecule has 196 valence electrons. The summed E-state index contributed by atoms with van der Waals surface area (Å²) in [6, 6.07) is 0. The molecular weight excluding hydrogens is 567 g/mol. The predicted octanol–water partition coefficient (Wildman–Crippen LogP) is 3.33. The number of hydrogen-bond donors (Lipinski definition) is 2. The quantitative estimate of drug-likeness (QED) is 0.124. The van der Waals surface area contributed by atoms with E-state index in [-0.39, 0.29) is 21.1 Å². The van der Waals surface area contributed by atoms with Gasteiger partial charge in [0.25, 0.3) is 0 Å². The number of carbonyl (C=O) groups excluding carboxylic acids is 2. The Labute approximate surface area is 224 Å². The second-order valence-corrected chi connectivity index (χ2v) is 12.8. The number of unbranched alkanes of at least 4 members (excludes halogenated alkanes) is 4. The van der Waals surface area contributed by atoms with Crippen molar-refractivity contribution >= 4 is 58.3 Å². The van der Waals surface area contributed by atoms with Crippen molar-refractivity contribution in [1.82, 2.24) is 0 Å². The molecule has 0 bridgehead atoms. The molecule has 0 aromatic carbocycles. The first-order chi connectivity index (χ1) is 15.9. The summed E-state index contributed by atoms with van der Waals surface area (Å²) < 4.78 is 12.9. The molecule has 2 atom stereocenters. The van der Waals surface area contributed by atoms with E-state index >= 15 is 0 Å². The molecule has 0 aliphatic carbocycles. The maximum atomic E-state index is 10.4. The summed E-state index contributed by atoms with van der Waals surface area (Å²) in [7, 11) is 3.27. The molecule has 0 aliphatic heterocycles. The second kappa shape index (κ2) is 32.4. The van der Waals surface area contributed by atoms with E-state index in [9.17, 15) is 19.8 Å². The van der Waals surface area contributed by atoms with Gasteiger partial charge in [-0.15, -0.1) is 0 Å². The number of carboxylic acids is 2. The second-order valence-electron chi connectivity index (χ2n) is 7.83. The first-order valence-corrected chi connectivity index (χ1v) is 17.5. The minimum absolute atomic E-state index is 0.149. The summed E-state index contributed by atoms with van der Waals surface area (Å²) in [5.74, 6) is -2.11. The van der Waals surface area contributed by atoms with Gasteiger partial charge in [-0.2, -0.15) is 25.3 Å². The standard InChI is InChI=1S/2C8H16O3S.2C4H9.Sn/c2*1-11-5-3-2-4-7(6-12)8(9)10;2*1-3-4-2;/h2*7,12H,2-6H2,1H3,(H,9,10);2*1,3-4H2,2H3;/q;;;;+2/p-2. The van der Waals surface area contributed by atoms with Gasteiger partial charge in [-0.05, 0) is 37.2 Å². The van der Waals surface area contributed by atoms with Gasteiger partial charge in [-0.25, -0.2) is 0 Å². The molecule has 0 N–H and O–H groups in total. The number of carbonyl (C=O) groups is 2. The molecule has 0 aromatic rings. The van der Waals surface area contributed by atoms with E-state index in [2.05, 4.69) is 39.1 Å². The van der Waals surface area contributed by atoms with Crippen LogP contribution in [0.4, 0.5) is 0 Å². The number of hydrogen-bond acceptors (Lipinski definition) is 8. The first-order valence-electron chi connectivity index (χ1n) is 12.2. The van der Waals surface area contributed by atoms with Crippen molar-refractivity contribution in [2.75, 3.05) is 38.9 Å². The Morgan fingerprint density at radius 3 is 1.33 bits per heavy atom. The summed E-state index contributed by atoms with van der Waals surface area (Å²) in [5, 5.41) is 20.8. The van der Waals surface area contributed by atoms with Crippen LogP contribution in [0.3, 0.4) is 0 Å². The zero-order valence-electron chi connectivity index (χ0n) is 21.3. The van der Waals surface area contributed by atoms with E-state index in [0.29, 0.717) is 37.6 Å². The van der Waals surface area contributed by atoms with Crippen LogP contribution < -0.4 is 10.2 Å². The monoisotopic (exact) mass is 616 g/mol. The molecule has 0 fully saturated rings. The van der Waals surface area contributed by atoms with E-state index in [1.54, 1.807) is 23.1 Å². The summed E-state index contributed by atoms with van der Waals surface area (Å²) in [6.07, 6.45) is 10.6. The summed E-state index contributed by atoms with van der Waals surface area (Å²) >= 11 is 8.01. The number of thiol groups is 2. The van der Waals surface area contributed by atoms with Crippen LogP contribution in [0.1, 0.15) is 78.1 Å². The van der Waals surface area contributed by atoms with Crippen LogP contribution >= 0.6 is 25.3 Å². The number of aliphatic carboxylic acids is 2. The smallest absolute Gasteiger partial charge is 0.0462 e. The fourth-order valence-corrected chi connectivity index (χ4v) is 7.39. The van der Waals surface area contributed by atoms with Gasteiger partial charge in [0.1, 0.15) is 0 Å². The molecule has 33 heavy (non-hydrogen) atoms. The molecule has 0 saturated heterocycles. The van der Waals surface area contributed by atoms with Gasteiger partial charge in [0, 0.05) is 51.2 Å². The number of rotatable bonds is 20. The Hall–Kier alpha value is 0.359. The third-order valence-electron chi connectivity index (χ3n) is 4.82. The Balaban J connectivity index is -0.000000414. The van der Waals surface area contributed by atoms with Crippen LogP contribution in [-0.2, 0) is 19.1 Å². The van der Waals surface area contributed by atoms with Crippen LogP contribution in [0, 0.1) is 11.8 Å². The van der Waals surface area contributed by atoms with E-state index in [0.717, 1.165) is 25.7 Å². The molecule has 0 saturated carbocycles. The van der Waals surface area contributed by atoms with Crippen molar-refractivity contribution in [3.05, 3.63) is 0 Å². The molecular formula is C24H48O6S2Sn. The van der Waals surface area contributed by atoms with Gasteiger partial charge in [-0.1, -0.05) is 12.8 Å². The summed E-state index contributed by atoms with van der Waals surface area (Å²) in [6.45, 7) is 5.96. The van der Waals surface area contributed by atoms with E-state index in [4.69, 9.17) is 9.47 Å². The Morgan fingerprint density at radius 1 is 0.727 bits per heavy atom. The van der Waals surface area contributed by atoms with Gasteiger partial charge in [0.2, 0.25) is 0 Å². The zero-order valence-corrected chi connectivity index (χ0v) is 26.0. The Bertz CT molecular complexity index is 380. The SMILES string of the molecule is CCC[CH2][Sn+2][CH2]CCC.COCCCCC(CS)C(=O)[O-].COCCCCC(CS)C(=O)[O-]. The van der Waals surface area contributed by atoms with Gasteiger partial charge in [0.15, 0.2) is 0 Å². The third-order valence-corrected chi connectivity index (χ3v) is 9.74. The molecule has 0 amide bonds. The third kappa shape index (κ3) is 32.4. The molecule has 0 aliphatic rings. The fraction of sp³-hybridized carbons (Fsp3) is 0.917. The predicted molar refractivity (Wildman–Crippen MR) is 141 cm³/mol. The normalized spacial score (nSPS) is 11.8. The molecule has 6 nitrogen and oxygen atoms in total. The maximum absolute atomic E-state index is 10.4. The fourth-order valence-electron chi connectivity index (χ4n) is 2.57. The van der Waals surface area contributed by atoms with Crippen molar-refractivity contribution < 1.29 is 29.3 Å². The number of carboxylic acid groups (broad SMARTS) is 2. The topological polar surface area (TPSA) is 98.7 Å². The van der Waals surface area contributed by atoms with Crippen LogP contribution in [0.2, 0.25) is 8.87 Å². The van der Waals surface area contributed by atoms with Gasteiger partial charge in [-0.3, -0.25) is 0 Å². The molecule has 9 heteroatoms. The van der Waals surface area contributed by atoms with Crippen molar-refractivity contribution in [3.8, 4) is 0 Å². The molecule has 0 rings (SSSR count). The van der Waals surface area contributed by atoms with Crippen LogP contribution in [0.15, 0.2) is 0 Å². The van der Waals surface area contributed by atoms with Gasteiger partial charge < -0.3 is 29.3 Å². The Kier molecular flexibility index (Phi) is 37.2. The zero-order chi connectivity index (χ0) is 25.7. The summed E-state index contributed by atoms with van der Waals surface area (Å²) in [4.78, 5) is 20.8. The molecule has 0 spiro atoms. The minimum Gasteiger partial charge on any atom is -0.550 e. The molecule has 0 heterocycles. The van der Waals surface area contributed by atoms with Crippen molar-refractivity contribution in [2.45, 2.75) is 86.9 Å². The maximum Gasteiger partial charge on any atom is 0.0462 e. The molecule has 0 radical (unpaired) electrons. The molecule has 2 unspecified atom stereocenters. The first kappa shape index (κ1) is 37.9. The van der Waals surface area contributed by atoms with Crippen LogP contribution in [-0.4, -0.2) is 72.0 Å².